The molecule has 1 fully saturated rings. The van der Waals surface area contributed by atoms with Crippen molar-refractivity contribution < 1.29 is 26.7 Å². The summed E-state index contributed by atoms with van der Waals surface area (Å²) < 4.78 is 66.6. The molecule has 0 N–H and O–H groups in total. The quantitative estimate of drug-likeness (QED) is 0.767. The number of nitrogens with zero attached hydrogens (tertiary/aromatic N) is 2. The van der Waals surface area contributed by atoms with Crippen molar-refractivity contribution in [2.45, 2.75) is 38.0 Å². The zero-order valence-corrected chi connectivity index (χ0v) is 13.0. The van der Waals surface area contributed by atoms with Crippen LogP contribution in [0.25, 0.3) is 0 Å². The molecule has 0 spiro atoms. The number of halogens is 5. The number of piperidine rings is 1. The van der Waals surface area contributed by atoms with Crippen molar-refractivity contribution in [3.63, 3.8) is 0 Å². The fourth-order valence-electron chi connectivity index (χ4n) is 3.29. The van der Waals surface area contributed by atoms with E-state index in [1.54, 1.807) is 4.90 Å². The molecule has 1 aromatic carbocycles. The molecule has 132 valence electrons. The van der Waals surface area contributed by atoms with Crippen LogP contribution in [0.5, 0.6) is 0 Å². The monoisotopic (exact) mass is 348 g/mol. The summed E-state index contributed by atoms with van der Waals surface area (Å²) in [7, 11) is 1.45. The molecule has 1 amide bonds. The van der Waals surface area contributed by atoms with Gasteiger partial charge in [-0.25, -0.2) is 8.78 Å². The highest BCUT2D eigenvalue weighted by Crippen LogP contribution is 2.38. The van der Waals surface area contributed by atoms with Crippen molar-refractivity contribution in [3.8, 4) is 0 Å². The summed E-state index contributed by atoms with van der Waals surface area (Å²) >= 11 is 0. The highest BCUT2D eigenvalue weighted by Gasteiger charge is 2.39. The first-order chi connectivity index (χ1) is 11.2. The Kier molecular flexibility index (Phi) is 4.27. The minimum absolute atomic E-state index is 0.0138. The van der Waals surface area contributed by atoms with Gasteiger partial charge in [-0.05, 0) is 29.7 Å². The fourth-order valence-corrected chi connectivity index (χ4v) is 3.29. The van der Waals surface area contributed by atoms with Crippen molar-refractivity contribution in [1.82, 2.24) is 9.80 Å². The number of hydrogen-bond acceptors (Lipinski definition) is 2. The summed E-state index contributed by atoms with van der Waals surface area (Å²) in [5.74, 6) is -0.455. The van der Waals surface area contributed by atoms with Crippen molar-refractivity contribution >= 4 is 5.91 Å². The highest BCUT2D eigenvalue weighted by atomic mass is 19.4. The summed E-state index contributed by atoms with van der Waals surface area (Å²) in [6.07, 6.45) is -7.72. The number of carbonyl (C=O) groups is 1. The van der Waals surface area contributed by atoms with E-state index in [0.717, 1.165) is 6.07 Å². The largest absolute Gasteiger partial charge is 0.416 e. The SMILES string of the molecule is CN1Cc2c(cc(CN3CCC(F)C(F)C3)cc2C(F)(F)F)C1=O. The predicted molar refractivity (Wildman–Crippen MR) is 76.9 cm³/mol. The molecule has 0 bridgehead atoms. The lowest BCUT2D eigenvalue weighted by atomic mass is 9.98. The topological polar surface area (TPSA) is 23.6 Å². The smallest absolute Gasteiger partial charge is 0.337 e. The number of benzene rings is 1. The Labute approximate surface area is 136 Å². The summed E-state index contributed by atoms with van der Waals surface area (Å²) in [4.78, 5) is 14.9. The Morgan fingerprint density at radius 3 is 2.54 bits per heavy atom. The van der Waals surface area contributed by atoms with Gasteiger partial charge in [0.25, 0.3) is 5.91 Å². The van der Waals surface area contributed by atoms with Crippen molar-refractivity contribution in [2.75, 3.05) is 20.1 Å². The Morgan fingerprint density at radius 2 is 1.92 bits per heavy atom. The summed E-state index contributed by atoms with van der Waals surface area (Å²) in [5, 5.41) is 0. The predicted octanol–water partition coefficient (Wildman–Crippen LogP) is 3.17. The lowest BCUT2D eigenvalue weighted by molar-refractivity contribution is -0.138. The van der Waals surface area contributed by atoms with Gasteiger partial charge in [-0.1, -0.05) is 0 Å². The zero-order valence-electron chi connectivity index (χ0n) is 13.0. The van der Waals surface area contributed by atoms with Crippen LogP contribution in [0.3, 0.4) is 0 Å². The van der Waals surface area contributed by atoms with Crippen LogP contribution in [-0.4, -0.2) is 48.2 Å². The lowest BCUT2D eigenvalue weighted by Gasteiger charge is -2.31. The molecular weight excluding hydrogens is 331 g/mol. The summed E-state index contributed by atoms with van der Waals surface area (Å²) in [6, 6.07) is 2.45. The van der Waals surface area contributed by atoms with Crippen molar-refractivity contribution in [3.05, 3.63) is 34.4 Å². The van der Waals surface area contributed by atoms with E-state index in [-0.39, 0.29) is 49.3 Å². The number of fused-ring (bicyclic) bond motifs is 1. The maximum atomic E-state index is 13.5. The van der Waals surface area contributed by atoms with Gasteiger partial charge < -0.3 is 4.90 Å². The van der Waals surface area contributed by atoms with Crippen LogP contribution in [0.4, 0.5) is 22.0 Å². The molecule has 2 unspecified atom stereocenters. The Morgan fingerprint density at radius 1 is 1.21 bits per heavy atom. The first kappa shape index (κ1) is 17.1. The molecule has 3 nitrogen and oxygen atoms in total. The maximum absolute atomic E-state index is 13.5. The number of rotatable bonds is 2. The second-order valence-electron chi connectivity index (χ2n) is 6.38. The van der Waals surface area contributed by atoms with Crippen LogP contribution in [-0.2, 0) is 19.3 Å². The molecule has 3 rings (SSSR count). The second kappa shape index (κ2) is 5.98. The molecule has 0 aliphatic carbocycles. The number of amides is 1. The van der Waals surface area contributed by atoms with E-state index in [0.29, 0.717) is 0 Å². The van der Waals surface area contributed by atoms with Gasteiger partial charge in [0.1, 0.15) is 12.3 Å². The van der Waals surface area contributed by atoms with Gasteiger partial charge >= 0.3 is 6.18 Å². The van der Waals surface area contributed by atoms with E-state index >= 15 is 0 Å². The molecule has 2 heterocycles. The van der Waals surface area contributed by atoms with Crippen molar-refractivity contribution in [2.24, 2.45) is 0 Å². The minimum atomic E-state index is -4.57. The minimum Gasteiger partial charge on any atom is -0.337 e. The molecule has 2 atom stereocenters. The number of hydrogen-bond donors (Lipinski definition) is 0. The third-order valence-corrected chi connectivity index (χ3v) is 4.54. The van der Waals surface area contributed by atoms with Crippen LogP contribution < -0.4 is 0 Å². The molecule has 0 saturated carbocycles. The molecule has 8 heteroatoms. The molecule has 1 saturated heterocycles. The third kappa shape index (κ3) is 3.11. The van der Waals surface area contributed by atoms with Crippen LogP contribution in [0.15, 0.2) is 12.1 Å². The van der Waals surface area contributed by atoms with Gasteiger partial charge in [0.15, 0.2) is 0 Å². The lowest BCUT2D eigenvalue weighted by Crippen LogP contribution is -2.42. The van der Waals surface area contributed by atoms with E-state index in [9.17, 15) is 26.7 Å². The average molecular weight is 348 g/mol. The highest BCUT2D eigenvalue weighted by molar-refractivity contribution is 5.98. The molecule has 24 heavy (non-hydrogen) atoms. The van der Waals surface area contributed by atoms with E-state index in [1.165, 1.54) is 18.0 Å². The maximum Gasteiger partial charge on any atom is 0.416 e. The average Bonchev–Trinajstić information content (AvgIpc) is 2.77. The normalized spacial score (nSPS) is 25.2. The number of alkyl halides is 5. The van der Waals surface area contributed by atoms with Crippen LogP contribution in [0.1, 0.15) is 33.5 Å². The Hall–Kier alpha value is -1.70. The van der Waals surface area contributed by atoms with Crippen LogP contribution >= 0.6 is 0 Å². The Bertz CT molecular complexity index is 661. The molecule has 0 aromatic heterocycles. The molecular formula is C16H17F5N2O. The zero-order chi connectivity index (χ0) is 17.6. The van der Waals surface area contributed by atoms with E-state index < -0.39 is 30.0 Å². The number of likely N-dealkylation sites (tertiary alicyclic amines) is 1. The van der Waals surface area contributed by atoms with Gasteiger partial charge in [-0.2, -0.15) is 13.2 Å². The van der Waals surface area contributed by atoms with Gasteiger partial charge in [0.2, 0.25) is 0 Å². The van der Waals surface area contributed by atoms with Crippen LogP contribution in [0, 0.1) is 0 Å². The van der Waals surface area contributed by atoms with Gasteiger partial charge in [0.05, 0.1) is 5.56 Å². The van der Waals surface area contributed by atoms with E-state index in [1.807, 2.05) is 0 Å². The first-order valence-corrected chi connectivity index (χ1v) is 7.65. The second-order valence-corrected chi connectivity index (χ2v) is 6.38. The van der Waals surface area contributed by atoms with E-state index in [4.69, 9.17) is 0 Å². The molecule has 0 radical (unpaired) electrons. The van der Waals surface area contributed by atoms with Crippen molar-refractivity contribution in [1.29, 1.82) is 0 Å². The van der Waals surface area contributed by atoms with Gasteiger partial charge in [0, 0.05) is 38.8 Å². The molecule has 2 aliphatic heterocycles. The van der Waals surface area contributed by atoms with Crippen LogP contribution in [0.2, 0.25) is 0 Å². The fraction of sp³-hybridized carbons (Fsp3) is 0.562. The Balaban J connectivity index is 1.91. The van der Waals surface area contributed by atoms with Gasteiger partial charge in [-0.15, -0.1) is 0 Å². The van der Waals surface area contributed by atoms with Gasteiger partial charge in [-0.3, -0.25) is 9.69 Å². The number of carbonyl (C=O) groups excluding carboxylic acids is 1. The molecule has 1 aromatic rings. The molecule has 2 aliphatic rings. The standard InChI is InChI=1S/C16H17F5N2O/c1-22-7-11-10(15(22)24)4-9(5-12(11)16(19,20)21)6-23-3-2-13(17)14(18)8-23/h4-5,13-14H,2-3,6-8H2,1H3. The van der Waals surface area contributed by atoms with E-state index in [2.05, 4.69) is 0 Å². The first-order valence-electron chi connectivity index (χ1n) is 7.65. The third-order valence-electron chi connectivity index (χ3n) is 4.54. The summed E-state index contributed by atoms with van der Waals surface area (Å²) in [6.45, 7) is 0.0882. The summed E-state index contributed by atoms with van der Waals surface area (Å²) in [5.41, 5.74) is -0.525.